The summed E-state index contributed by atoms with van der Waals surface area (Å²) in [6.07, 6.45) is 8.96. The van der Waals surface area contributed by atoms with Crippen LogP contribution in [0, 0.1) is 5.92 Å². The molecule has 0 radical (unpaired) electrons. The van der Waals surface area contributed by atoms with Crippen molar-refractivity contribution < 1.29 is 0 Å². The number of hydrogen-bond donors (Lipinski definition) is 1. The normalized spacial score (nSPS) is 22.2. The van der Waals surface area contributed by atoms with Crippen LogP contribution in [0.3, 0.4) is 0 Å². The van der Waals surface area contributed by atoms with Crippen molar-refractivity contribution in [1.29, 1.82) is 0 Å². The maximum atomic E-state index is 6.34. The number of hydrogen-bond acceptors (Lipinski definition) is 1. The van der Waals surface area contributed by atoms with Crippen LogP contribution in [0.25, 0.3) is 0 Å². The van der Waals surface area contributed by atoms with Gasteiger partial charge in [-0.25, -0.2) is 0 Å². The zero-order valence-electron chi connectivity index (χ0n) is 10.2. The van der Waals surface area contributed by atoms with E-state index in [4.69, 9.17) is 5.73 Å². The predicted molar refractivity (Wildman–Crippen MR) is 68.7 cm³/mol. The Morgan fingerprint density at radius 3 is 2.88 bits per heavy atom. The average molecular weight is 215 g/mol. The first-order chi connectivity index (χ1) is 7.79. The summed E-state index contributed by atoms with van der Waals surface area (Å²) in [5, 5.41) is 0. The Labute approximate surface area is 98.0 Å². The van der Waals surface area contributed by atoms with Gasteiger partial charge in [-0.15, -0.1) is 0 Å². The lowest BCUT2D eigenvalue weighted by atomic mass is 9.99. The minimum absolute atomic E-state index is 0.866. The van der Waals surface area contributed by atoms with Crippen LogP contribution in [0.1, 0.15) is 48.4 Å². The lowest BCUT2D eigenvalue weighted by Gasteiger charge is -2.10. The molecule has 0 saturated heterocycles. The van der Waals surface area contributed by atoms with Gasteiger partial charge in [0.1, 0.15) is 0 Å². The Morgan fingerprint density at radius 1 is 1.19 bits per heavy atom. The van der Waals surface area contributed by atoms with E-state index in [0.29, 0.717) is 0 Å². The second-order valence-electron chi connectivity index (χ2n) is 5.48. The van der Waals surface area contributed by atoms with Gasteiger partial charge in [-0.05, 0) is 60.3 Å². The van der Waals surface area contributed by atoms with Crippen molar-refractivity contribution in [3.05, 3.63) is 28.3 Å². The summed E-state index contributed by atoms with van der Waals surface area (Å²) in [6.45, 7) is 2.28. The third-order valence-electron chi connectivity index (χ3n) is 4.35. The zero-order valence-corrected chi connectivity index (χ0v) is 10.2. The Hall–Kier alpha value is -0.980. The smallest absolute Gasteiger partial charge is 0.0384 e. The highest BCUT2D eigenvalue weighted by Gasteiger charge is 2.26. The van der Waals surface area contributed by atoms with Gasteiger partial charge in [0.15, 0.2) is 0 Å². The molecule has 2 N–H and O–H groups in total. The fourth-order valence-electron chi connectivity index (χ4n) is 3.59. The van der Waals surface area contributed by atoms with E-state index in [-0.39, 0.29) is 0 Å². The molecule has 1 unspecified atom stereocenters. The van der Waals surface area contributed by atoms with Gasteiger partial charge in [-0.3, -0.25) is 0 Å². The molecule has 1 nitrogen and oxygen atoms in total. The van der Waals surface area contributed by atoms with Crippen LogP contribution in [-0.2, 0) is 25.7 Å². The minimum atomic E-state index is 0.866. The summed E-state index contributed by atoms with van der Waals surface area (Å²) in [6, 6.07) is 2.46. The number of benzene rings is 1. The molecule has 3 rings (SSSR count). The van der Waals surface area contributed by atoms with Crippen LogP contribution in [0.2, 0.25) is 0 Å². The number of anilines is 1. The molecule has 0 aromatic heterocycles. The largest absolute Gasteiger partial charge is 0.398 e. The van der Waals surface area contributed by atoms with E-state index >= 15 is 0 Å². The number of aryl methyl sites for hydroxylation is 1. The SMILES string of the molecule is CCCC1Cc2cc3c(c(N)c2C1)CCC3. The predicted octanol–water partition coefficient (Wildman–Crippen LogP) is 3.27. The Kier molecular flexibility index (Phi) is 2.42. The molecule has 0 aliphatic heterocycles. The molecule has 2 aliphatic rings. The molecule has 1 aromatic rings. The first-order valence-electron chi connectivity index (χ1n) is 6.71. The van der Waals surface area contributed by atoms with Crippen LogP contribution in [0.15, 0.2) is 6.07 Å². The molecule has 86 valence electrons. The lowest BCUT2D eigenvalue weighted by molar-refractivity contribution is 0.507. The molecule has 0 spiro atoms. The van der Waals surface area contributed by atoms with Crippen molar-refractivity contribution in [2.24, 2.45) is 5.92 Å². The highest BCUT2D eigenvalue weighted by molar-refractivity contribution is 5.63. The topological polar surface area (TPSA) is 26.0 Å². The fraction of sp³-hybridized carbons (Fsp3) is 0.600. The fourth-order valence-corrected chi connectivity index (χ4v) is 3.59. The summed E-state index contributed by atoms with van der Waals surface area (Å²) in [5.74, 6) is 0.866. The van der Waals surface area contributed by atoms with Gasteiger partial charge < -0.3 is 5.73 Å². The van der Waals surface area contributed by atoms with E-state index in [1.165, 1.54) is 56.1 Å². The van der Waals surface area contributed by atoms with E-state index in [2.05, 4.69) is 13.0 Å². The van der Waals surface area contributed by atoms with E-state index in [1.807, 2.05) is 0 Å². The van der Waals surface area contributed by atoms with Crippen LogP contribution in [0.4, 0.5) is 5.69 Å². The number of nitrogens with two attached hydrogens (primary N) is 1. The van der Waals surface area contributed by atoms with Gasteiger partial charge in [0.2, 0.25) is 0 Å². The summed E-state index contributed by atoms with van der Waals surface area (Å²) in [4.78, 5) is 0. The van der Waals surface area contributed by atoms with E-state index in [9.17, 15) is 0 Å². The highest BCUT2D eigenvalue weighted by atomic mass is 14.6. The molecular formula is C15H21N. The van der Waals surface area contributed by atoms with Crippen molar-refractivity contribution in [2.45, 2.75) is 51.9 Å². The van der Waals surface area contributed by atoms with Gasteiger partial charge >= 0.3 is 0 Å². The zero-order chi connectivity index (χ0) is 11.1. The summed E-state index contributed by atoms with van der Waals surface area (Å²) < 4.78 is 0. The number of rotatable bonds is 2. The quantitative estimate of drug-likeness (QED) is 0.753. The molecule has 1 heteroatoms. The van der Waals surface area contributed by atoms with Crippen LogP contribution in [-0.4, -0.2) is 0 Å². The molecular weight excluding hydrogens is 194 g/mol. The minimum Gasteiger partial charge on any atom is -0.398 e. The van der Waals surface area contributed by atoms with E-state index in [1.54, 1.807) is 11.1 Å². The second-order valence-corrected chi connectivity index (χ2v) is 5.48. The Bertz CT molecular complexity index is 420. The third kappa shape index (κ3) is 1.45. The molecule has 0 saturated carbocycles. The van der Waals surface area contributed by atoms with Crippen LogP contribution in [0.5, 0.6) is 0 Å². The second kappa shape index (κ2) is 3.80. The first kappa shape index (κ1) is 10.2. The van der Waals surface area contributed by atoms with Crippen molar-refractivity contribution in [1.82, 2.24) is 0 Å². The molecule has 0 heterocycles. The molecule has 0 fully saturated rings. The van der Waals surface area contributed by atoms with Gasteiger partial charge in [0.05, 0.1) is 0 Å². The maximum absolute atomic E-state index is 6.34. The number of fused-ring (bicyclic) bond motifs is 2. The van der Waals surface area contributed by atoms with Crippen molar-refractivity contribution >= 4 is 5.69 Å². The molecule has 2 aliphatic carbocycles. The van der Waals surface area contributed by atoms with Gasteiger partial charge in [-0.2, -0.15) is 0 Å². The van der Waals surface area contributed by atoms with Gasteiger partial charge in [0.25, 0.3) is 0 Å². The van der Waals surface area contributed by atoms with Crippen molar-refractivity contribution in [3.8, 4) is 0 Å². The standard InChI is InChI=1S/C15H21N/c1-2-4-10-7-12-9-11-5-3-6-13(11)15(16)14(12)8-10/h9-10H,2-8,16H2,1H3. The van der Waals surface area contributed by atoms with Crippen molar-refractivity contribution in [3.63, 3.8) is 0 Å². The molecule has 0 bridgehead atoms. The Morgan fingerprint density at radius 2 is 2.06 bits per heavy atom. The lowest BCUT2D eigenvalue weighted by Crippen LogP contribution is -2.01. The summed E-state index contributed by atoms with van der Waals surface area (Å²) in [5.41, 5.74) is 13.6. The summed E-state index contributed by atoms with van der Waals surface area (Å²) >= 11 is 0. The summed E-state index contributed by atoms with van der Waals surface area (Å²) in [7, 11) is 0. The highest BCUT2D eigenvalue weighted by Crippen LogP contribution is 2.39. The monoisotopic (exact) mass is 215 g/mol. The molecule has 1 aromatic carbocycles. The average Bonchev–Trinajstić information content (AvgIpc) is 2.85. The van der Waals surface area contributed by atoms with E-state index < -0.39 is 0 Å². The van der Waals surface area contributed by atoms with Crippen LogP contribution >= 0.6 is 0 Å². The number of nitrogen functional groups attached to an aromatic ring is 1. The molecule has 1 atom stereocenters. The van der Waals surface area contributed by atoms with E-state index in [0.717, 1.165) is 11.6 Å². The van der Waals surface area contributed by atoms with Gasteiger partial charge in [-0.1, -0.05) is 25.8 Å². The van der Waals surface area contributed by atoms with Gasteiger partial charge in [0, 0.05) is 5.69 Å². The molecule has 16 heavy (non-hydrogen) atoms. The first-order valence-corrected chi connectivity index (χ1v) is 6.71. The molecule has 0 amide bonds. The Balaban J connectivity index is 1.97. The third-order valence-corrected chi connectivity index (χ3v) is 4.35. The van der Waals surface area contributed by atoms with Crippen molar-refractivity contribution in [2.75, 3.05) is 5.73 Å². The maximum Gasteiger partial charge on any atom is 0.0384 e. The van der Waals surface area contributed by atoms with Crippen LogP contribution < -0.4 is 5.73 Å².